The fraction of sp³-hybridized carbons (Fsp3) is 0.500. The quantitative estimate of drug-likeness (QED) is 0.927. The Hall–Kier alpha value is -1.81. The Morgan fingerprint density at radius 3 is 2.41 bits per heavy atom. The number of carbonyl (C=O) groups excluding carboxylic acids is 1. The van der Waals surface area contributed by atoms with Crippen LogP contribution in [-0.2, 0) is 6.54 Å². The number of amides is 2. The summed E-state index contributed by atoms with van der Waals surface area (Å²) >= 11 is 0. The van der Waals surface area contributed by atoms with E-state index in [1.165, 1.54) is 11.1 Å². The molecule has 0 bridgehead atoms. The summed E-state index contributed by atoms with van der Waals surface area (Å²) in [5.74, 6) is 0.461. The van der Waals surface area contributed by atoms with E-state index in [0.717, 1.165) is 32.7 Å². The highest BCUT2D eigenvalue weighted by atomic mass is 16.2. The second kappa shape index (κ2) is 7.99. The Balaban J connectivity index is 1.77. The second-order valence-electron chi connectivity index (χ2n) is 6.24. The average molecular weight is 301 g/mol. The van der Waals surface area contributed by atoms with Gasteiger partial charge in [0.15, 0.2) is 0 Å². The van der Waals surface area contributed by atoms with Crippen LogP contribution in [0.2, 0.25) is 0 Å². The molecule has 1 aromatic rings. The minimum atomic E-state index is 0.0133. The molecule has 0 unspecified atom stereocenters. The van der Waals surface area contributed by atoms with Crippen LogP contribution < -0.4 is 5.32 Å². The fourth-order valence-electron chi connectivity index (χ4n) is 2.38. The number of nitrogens with one attached hydrogen (secondary N) is 1. The van der Waals surface area contributed by atoms with Gasteiger partial charge in [0.05, 0.1) is 0 Å². The van der Waals surface area contributed by atoms with Crippen LogP contribution in [0, 0.1) is 5.92 Å². The predicted molar refractivity (Wildman–Crippen MR) is 90.4 cm³/mol. The number of urea groups is 1. The average Bonchev–Trinajstić information content (AvgIpc) is 2.54. The minimum Gasteiger partial charge on any atom is -0.322 e. The Kier molecular flexibility index (Phi) is 6.01. The van der Waals surface area contributed by atoms with Gasteiger partial charge in [-0.2, -0.15) is 0 Å². The molecule has 0 aromatic heterocycles. The highest BCUT2D eigenvalue weighted by Crippen LogP contribution is 2.09. The Morgan fingerprint density at radius 1 is 1.18 bits per heavy atom. The molecule has 120 valence electrons. The maximum absolute atomic E-state index is 12.1. The highest BCUT2D eigenvalue weighted by molar-refractivity contribution is 5.75. The third kappa shape index (κ3) is 4.88. The number of rotatable bonds is 4. The maximum Gasteiger partial charge on any atom is 0.321 e. The first-order valence-corrected chi connectivity index (χ1v) is 8.04. The van der Waals surface area contributed by atoms with E-state index in [1.807, 2.05) is 24.1 Å². The molecule has 1 aliphatic rings. The van der Waals surface area contributed by atoms with Crippen molar-refractivity contribution in [2.75, 3.05) is 26.2 Å². The first-order valence-electron chi connectivity index (χ1n) is 8.04. The minimum absolute atomic E-state index is 0.0133. The van der Waals surface area contributed by atoms with Crippen molar-refractivity contribution in [2.24, 2.45) is 5.92 Å². The number of benzene rings is 1. The van der Waals surface area contributed by atoms with Crippen LogP contribution in [0.1, 0.15) is 26.3 Å². The largest absolute Gasteiger partial charge is 0.322 e. The third-order valence-electron chi connectivity index (χ3n) is 4.24. The molecule has 4 nitrogen and oxygen atoms in total. The summed E-state index contributed by atoms with van der Waals surface area (Å²) in [5.41, 5.74) is 2.52. The zero-order valence-corrected chi connectivity index (χ0v) is 13.9. The molecule has 0 spiro atoms. The molecule has 1 aromatic carbocycles. The number of hydrogen-bond acceptors (Lipinski definition) is 2. The summed E-state index contributed by atoms with van der Waals surface area (Å²) in [5, 5.41) is 2.90. The molecule has 0 aliphatic carbocycles. The van der Waals surface area contributed by atoms with Crippen LogP contribution in [0.3, 0.4) is 0 Å². The van der Waals surface area contributed by atoms with E-state index in [0.29, 0.717) is 5.92 Å². The van der Waals surface area contributed by atoms with Crippen LogP contribution >= 0.6 is 0 Å². The molecule has 1 heterocycles. The van der Waals surface area contributed by atoms with E-state index in [1.54, 1.807) is 0 Å². The van der Waals surface area contributed by atoms with E-state index < -0.39 is 0 Å². The number of nitrogens with zero attached hydrogens (tertiary/aromatic N) is 2. The molecule has 2 amide bonds. The Bertz CT molecular complexity index is 502. The van der Waals surface area contributed by atoms with Crippen LogP contribution in [-0.4, -0.2) is 42.0 Å². The summed E-state index contributed by atoms with van der Waals surface area (Å²) in [7, 11) is 0. The monoisotopic (exact) mass is 301 g/mol. The van der Waals surface area contributed by atoms with Crippen LogP contribution in [0.15, 0.2) is 42.1 Å². The summed E-state index contributed by atoms with van der Waals surface area (Å²) in [4.78, 5) is 16.4. The summed E-state index contributed by atoms with van der Waals surface area (Å²) in [6.07, 6.45) is 1.84. The first kappa shape index (κ1) is 16.6. The van der Waals surface area contributed by atoms with Crippen molar-refractivity contribution in [1.29, 1.82) is 0 Å². The van der Waals surface area contributed by atoms with Gasteiger partial charge in [-0.25, -0.2) is 4.79 Å². The van der Waals surface area contributed by atoms with Crippen molar-refractivity contribution in [2.45, 2.75) is 27.3 Å². The van der Waals surface area contributed by atoms with Crippen LogP contribution in [0.25, 0.3) is 0 Å². The maximum atomic E-state index is 12.1. The van der Waals surface area contributed by atoms with Crippen molar-refractivity contribution < 1.29 is 4.79 Å². The predicted octanol–water partition coefficient (Wildman–Crippen LogP) is 3.07. The van der Waals surface area contributed by atoms with Crippen LogP contribution in [0.4, 0.5) is 4.79 Å². The molecule has 1 saturated heterocycles. The topological polar surface area (TPSA) is 35.6 Å². The number of piperazine rings is 1. The first-order chi connectivity index (χ1) is 10.6. The van der Waals surface area contributed by atoms with Gasteiger partial charge in [-0.1, -0.05) is 49.8 Å². The van der Waals surface area contributed by atoms with Gasteiger partial charge in [-0.3, -0.25) is 4.90 Å². The normalized spacial score (nSPS) is 16.9. The summed E-state index contributed by atoms with van der Waals surface area (Å²) in [6, 6.07) is 10.5. The lowest BCUT2D eigenvalue weighted by molar-refractivity contribution is 0.137. The molecule has 0 atom stereocenters. The second-order valence-corrected chi connectivity index (χ2v) is 6.24. The van der Waals surface area contributed by atoms with E-state index in [9.17, 15) is 4.79 Å². The van der Waals surface area contributed by atoms with Gasteiger partial charge in [-0.05, 0) is 18.4 Å². The number of hydrogen-bond donors (Lipinski definition) is 1. The number of carbonyl (C=O) groups is 1. The molecule has 0 saturated carbocycles. The zero-order valence-electron chi connectivity index (χ0n) is 13.9. The lowest BCUT2D eigenvalue weighted by Crippen LogP contribution is -2.50. The van der Waals surface area contributed by atoms with Crippen LogP contribution in [0.5, 0.6) is 0 Å². The molecular formula is C18H27N3O. The molecular weight excluding hydrogens is 274 g/mol. The lowest BCUT2D eigenvalue weighted by atomic mass is 10.1. The van der Waals surface area contributed by atoms with E-state index in [4.69, 9.17) is 0 Å². The van der Waals surface area contributed by atoms with Gasteiger partial charge in [0.2, 0.25) is 0 Å². The summed E-state index contributed by atoms with van der Waals surface area (Å²) in [6.45, 7) is 10.7. The molecule has 2 rings (SSSR count). The lowest BCUT2D eigenvalue weighted by Gasteiger charge is -2.34. The van der Waals surface area contributed by atoms with Gasteiger partial charge in [0, 0.05) is 38.9 Å². The van der Waals surface area contributed by atoms with Gasteiger partial charge >= 0.3 is 6.03 Å². The molecule has 4 heteroatoms. The Labute approximate surface area is 133 Å². The zero-order chi connectivity index (χ0) is 15.9. The molecule has 1 N–H and O–H groups in total. The van der Waals surface area contributed by atoms with Crippen molar-refractivity contribution in [3.05, 3.63) is 47.7 Å². The Morgan fingerprint density at radius 2 is 1.82 bits per heavy atom. The fourth-order valence-corrected chi connectivity index (χ4v) is 2.38. The van der Waals surface area contributed by atoms with E-state index in [-0.39, 0.29) is 6.03 Å². The van der Waals surface area contributed by atoms with Crippen molar-refractivity contribution in [1.82, 2.24) is 15.1 Å². The van der Waals surface area contributed by atoms with Gasteiger partial charge in [0.1, 0.15) is 0 Å². The van der Waals surface area contributed by atoms with Crippen molar-refractivity contribution in [3.63, 3.8) is 0 Å². The van der Waals surface area contributed by atoms with Crippen molar-refractivity contribution in [3.8, 4) is 0 Å². The van der Waals surface area contributed by atoms with Gasteiger partial charge in [-0.15, -0.1) is 0 Å². The molecule has 1 aliphatic heterocycles. The summed E-state index contributed by atoms with van der Waals surface area (Å²) < 4.78 is 0. The standard InChI is InChI=1S/C18H27N3O/c1-15(2)16(3)13-19-18(22)21-11-9-20(10-12-21)14-17-7-5-4-6-8-17/h4-8,13,15H,9-12,14H2,1-3H3,(H,19,22)/b16-13+. The smallest absolute Gasteiger partial charge is 0.321 e. The third-order valence-corrected chi connectivity index (χ3v) is 4.24. The molecule has 1 fully saturated rings. The van der Waals surface area contributed by atoms with Gasteiger partial charge in [0.25, 0.3) is 0 Å². The van der Waals surface area contributed by atoms with Crippen molar-refractivity contribution >= 4 is 6.03 Å². The SMILES string of the molecule is C/C(=C\NC(=O)N1CCN(Cc2ccccc2)CC1)C(C)C. The van der Waals surface area contributed by atoms with E-state index in [2.05, 4.69) is 48.3 Å². The highest BCUT2D eigenvalue weighted by Gasteiger charge is 2.20. The molecule has 22 heavy (non-hydrogen) atoms. The van der Waals surface area contributed by atoms with Gasteiger partial charge < -0.3 is 10.2 Å². The van der Waals surface area contributed by atoms with E-state index >= 15 is 0 Å². The molecule has 0 radical (unpaired) electrons. The number of allylic oxidation sites excluding steroid dienone is 1.